The van der Waals surface area contributed by atoms with Gasteiger partial charge in [-0.3, -0.25) is 0 Å². The van der Waals surface area contributed by atoms with Crippen molar-refractivity contribution >= 4 is 0 Å². The molecule has 0 aliphatic carbocycles. The lowest BCUT2D eigenvalue weighted by molar-refractivity contribution is 0.477. The number of benzene rings is 2. The topological polar surface area (TPSA) is 20.2 Å². The van der Waals surface area contributed by atoms with Gasteiger partial charge in [-0.1, -0.05) is 49.7 Å². The fraction of sp³-hybridized carbons (Fsp3) is 0.250. The van der Waals surface area contributed by atoms with Crippen LogP contribution in [-0.2, 0) is 0 Å². The molecule has 0 saturated carbocycles. The highest BCUT2D eigenvalue weighted by molar-refractivity contribution is 5.71. The Balaban J connectivity index is 2.52. The Kier molecular flexibility index (Phi) is 3.19. The Morgan fingerprint density at radius 1 is 1.00 bits per heavy atom. The molecule has 1 nitrogen and oxygen atoms in total. The predicted molar refractivity (Wildman–Crippen MR) is 72.4 cm³/mol. The van der Waals surface area contributed by atoms with E-state index in [-0.39, 0.29) is 0 Å². The molecule has 2 aromatic carbocycles. The second-order valence-electron chi connectivity index (χ2n) is 4.80. The van der Waals surface area contributed by atoms with E-state index in [1.165, 1.54) is 5.56 Å². The van der Waals surface area contributed by atoms with Gasteiger partial charge in [0.05, 0.1) is 0 Å². The van der Waals surface area contributed by atoms with Crippen molar-refractivity contribution in [2.24, 2.45) is 0 Å². The first-order valence-corrected chi connectivity index (χ1v) is 5.98. The minimum atomic E-state index is 0.344. The van der Waals surface area contributed by atoms with Crippen molar-refractivity contribution in [3.05, 3.63) is 53.6 Å². The summed E-state index contributed by atoms with van der Waals surface area (Å²) in [6.45, 7) is 6.39. The van der Waals surface area contributed by atoms with Gasteiger partial charge in [-0.25, -0.2) is 0 Å². The van der Waals surface area contributed by atoms with E-state index in [1.807, 2.05) is 31.2 Å². The maximum atomic E-state index is 9.92. The van der Waals surface area contributed by atoms with Crippen LogP contribution >= 0.6 is 0 Å². The van der Waals surface area contributed by atoms with Crippen LogP contribution in [0.3, 0.4) is 0 Å². The average Bonchev–Trinajstić information content (AvgIpc) is 2.32. The van der Waals surface area contributed by atoms with E-state index in [2.05, 4.69) is 26.0 Å². The molecular weight excluding hydrogens is 208 g/mol. The predicted octanol–water partition coefficient (Wildman–Crippen LogP) is 4.49. The summed E-state index contributed by atoms with van der Waals surface area (Å²) < 4.78 is 0. The Morgan fingerprint density at radius 3 is 2.47 bits per heavy atom. The minimum absolute atomic E-state index is 0.344. The van der Waals surface area contributed by atoms with E-state index >= 15 is 0 Å². The molecule has 0 saturated heterocycles. The molecule has 0 heterocycles. The zero-order valence-corrected chi connectivity index (χ0v) is 10.6. The summed E-state index contributed by atoms with van der Waals surface area (Å²) in [7, 11) is 0. The summed E-state index contributed by atoms with van der Waals surface area (Å²) in [6.07, 6.45) is 0. The van der Waals surface area contributed by atoms with Crippen LogP contribution < -0.4 is 0 Å². The Hall–Kier alpha value is -1.76. The van der Waals surface area contributed by atoms with Gasteiger partial charge in [-0.15, -0.1) is 0 Å². The van der Waals surface area contributed by atoms with Crippen molar-refractivity contribution in [3.63, 3.8) is 0 Å². The number of phenols is 1. The highest BCUT2D eigenvalue weighted by atomic mass is 16.3. The Bertz CT molecular complexity index is 527. The van der Waals surface area contributed by atoms with Gasteiger partial charge in [0, 0.05) is 5.56 Å². The van der Waals surface area contributed by atoms with Crippen LogP contribution in [-0.4, -0.2) is 5.11 Å². The normalized spacial score (nSPS) is 10.8. The van der Waals surface area contributed by atoms with E-state index in [1.54, 1.807) is 6.07 Å². The van der Waals surface area contributed by atoms with Crippen LogP contribution in [0.2, 0.25) is 0 Å². The lowest BCUT2D eigenvalue weighted by Gasteiger charge is -2.10. The molecule has 1 heteroatoms. The molecule has 2 aromatic rings. The standard InChI is InChI=1S/C16H18O/c1-11(2)13-5-4-6-14(10-13)15-9-12(3)7-8-16(15)17/h4-11,17H,1-3H3. The number of hydrogen-bond donors (Lipinski definition) is 1. The SMILES string of the molecule is Cc1ccc(O)c(-c2cccc(C(C)C)c2)c1. The number of phenolic OH excluding ortho intramolecular Hbond substituents is 1. The van der Waals surface area contributed by atoms with Crippen molar-refractivity contribution in [1.29, 1.82) is 0 Å². The quantitative estimate of drug-likeness (QED) is 0.799. The molecule has 0 aliphatic rings. The average molecular weight is 226 g/mol. The lowest BCUT2D eigenvalue weighted by atomic mass is 9.96. The van der Waals surface area contributed by atoms with Gasteiger partial charge in [0.15, 0.2) is 0 Å². The summed E-state index contributed by atoms with van der Waals surface area (Å²) in [4.78, 5) is 0. The van der Waals surface area contributed by atoms with Crippen LogP contribution in [0.5, 0.6) is 5.75 Å². The van der Waals surface area contributed by atoms with Gasteiger partial charge in [-0.2, -0.15) is 0 Å². The molecule has 17 heavy (non-hydrogen) atoms. The van der Waals surface area contributed by atoms with Crippen molar-refractivity contribution in [2.45, 2.75) is 26.7 Å². The molecular formula is C16H18O. The van der Waals surface area contributed by atoms with Crippen LogP contribution in [0.4, 0.5) is 0 Å². The molecule has 88 valence electrons. The molecule has 1 N–H and O–H groups in total. The second kappa shape index (κ2) is 4.62. The molecule has 0 aromatic heterocycles. The van der Waals surface area contributed by atoms with Gasteiger partial charge < -0.3 is 5.11 Å². The summed E-state index contributed by atoms with van der Waals surface area (Å²) in [5.74, 6) is 0.846. The molecule has 0 aliphatic heterocycles. The van der Waals surface area contributed by atoms with Gasteiger partial charge >= 0.3 is 0 Å². The van der Waals surface area contributed by atoms with Crippen molar-refractivity contribution in [3.8, 4) is 16.9 Å². The van der Waals surface area contributed by atoms with Crippen molar-refractivity contribution in [1.82, 2.24) is 0 Å². The molecule has 0 atom stereocenters. The molecule has 0 unspecified atom stereocenters. The van der Waals surface area contributed by atoms with Crippen LogP contribution in [0.25, 0.3) is 11.1 Å². The summed E-state index contributed by atoms with van der Waals surface area (Å²) in [6, 6.07) is 14.1. The lowest BCUT2D eigenvalue weighted by Crippen LogP contribution is -1.88. The second-order valence-corrected chi connectivity index (χ2v) is 4.80. The third-order valence-electron chi connectivity index (χ3n) is 3.02. The number of aryl methyl sites for hydroxylation is 1. The number of aromatic hydroxyl groups is 1. The zero-order valence-electron chi connectivity index (χ0n) is 10.6. The monoisotopic (exact) mass is 226 g/mol. The first-order chi connectivity index (χ1) is 8.08. The highest BCUT2D eigenvalue weighted by Gasteiger charge is 2.06. The largest absolute Gasteiger partial charge is 0.507 e. The molecule has 0 bridgehead atoms. The maximum absolute atomic E-state index is 9.92. The van der Waals surface area contributed by atoms with E-state index in [9.17, 15) is 5.11 Å². The molecule has 0 amide bonds. The van der Waals surface area contributed by atoms with E-state index in [4.69, 9.17) is 0 Å². The van der Waals surface area contributed by atoms with Crippen LogP contribution in [0, 0.1) is 6.92 Å². The Morgan fingerprint density at radius 2 is 1.76 bits per heavy atom. The number of hydrogen-bond acceptors (Lipinski definition) is 1. The van der Waals surface area contributed by atoms with Crippen molar-refractivity contribution < 1.29 is 5.11 Å². The minimum Gasteiger partial charge on any atom is -0.507 e. The van der Waals surface area contributed by atoms with Gasteiger partial charge in [0.25, 0.3) is 0 Å². The number of rotatable bonds is 2. The smallest absolute Gasteiger partial charge is 0.123 e. The van der Waals surface area contributed by atoms with Crippen LogP contribution in [0.15, 0.2) is 42.5 Å². The molecule has 0 spiro atoms. The first kappa shape index (κ1) is 11.7. The fourth-order valence-corrected chi connectivity index (χ4v) is 1.95. The first-order valence-electron chi connectivity index (χ1n) is 5.98. The maximum Gasteiger partial charge on any atom is 0.123 e. The van der Waals surface area contributed by atoms with E-state index in [0.29, 0.717) is 11.7 Å². The molecule has 0 radical (unpaired) electrons. The fourth-order valence-electron chi connectivity index (χ4n) is 1.95. The van der Waals surface area contributed by atoms with E-state index < -0.39 is 0 Å². The zero-order chi connectivity index (χ0) is 12.4. The Labute approximate surface area is 103 Å². The highest BCUT2D eigenvalue weighted by Crippen LogP contribution is 2.31. The third kappa shape index (κ3) is 2.50. The third-order valence-corrected chi connectivity index (χ3v) is 3.02. The molecule has 2 rings (SSSR count). The van der Waals surface area contributed by atoms with Crippen LogP contribution in [0.1, 0.15) is 30.9 Å². The summed E-state index contributed by atoms with van der Waals surface area (Å²) >= 11 is 0. The molecule has 0 fully saturated rings. The van der Waals surface area contributed by atoms with Crippen molar-refractivity contribution in [2.75, 3.05) is 0 Å². The summed E-state index contributed by atoms with van der Waals surface area (Å²) in [5.41, 5.74) is 4.45. The van der Waals surface area contributed by atoms with Gasteiger partial charge in [0.2, 0.25) is 0 Å². The van der Waals surface area contributed by atoms with Gasteiger partial charge in [0.1, 0.15) is 5.75 Å². The van der Waals surface area contributed by atoms with E-state index in [0.717, 1.165) is 16.7 Å². The summed E-state index contributed by atoms with van der Waals surface area (Å²) in [5, 5.41) is 9.92. The van der Waals surface area contributed by atoms with Gasteiger partial charge in [-0.05, 0) is 36.1 Å².